The first kappa shape index (κ1) is 29.4. The molecule has 0 bridgehead atoms. The number of amides is 1. The molecular weight excluding hydrogens is 525 g/mol. The number of alkyl halides is 3. The van der Waals surface area contributed by atoms with E-state index < -0.39 is 29.3 Å². The minimum Gasteiger partial charge on any atom is -0.493 e. The van der Waals surface area contributed by atoms with Crippen LogP contribution in [0.4, 0.5) is 19.0 Å². The van der Waals surface area contributed by atoms with Gasteiger partial charge in [-0.1, -0.05) is 12.1 Å². The predicted octanol–water partition coefficient (Wildman–Crippen LogP) is 4.44. The SMILES string of the molecule is COc1cc2cc(CN(CCN(C)C)C(=O)c3ccccc3C(F)(F)F)c(N3CCCC(O)C3)nc2cc1OC. The second-order valence-corrected chi connectivity index (χ2v) is 10.2. The van der Waals surface area contributed by atoms with Gasteiger partial charge in [0.15, 0.2) is 11.5 Å². The molecule has 0 aliphatic carbocycles. The number of halogens is 3. The molecule has 1 aliphatic rings. The van der Waals surface area contributed by atoms with Gasteiger partial charge in [-0.3, -0.25) is 4.79 Å². The highest BCUT2D eigenvalue weighted by atomic mass is 19.4. The molecule has 1 N–H and O–H groups in total. The summed E-state index contributed by atoms with van der Waals surface area (Å²) in [5.41, 5.74) is -0.0815. The number of aliphatic hydroxyl groups is 1. The van der Waals surface area contributed by atoms with Crippen molar-refractivity contribution in [3.63, 3.8) is 0 Å². The van der Waals surface area contributed by atoms with E-state index in [1.165, 1.54) is 37.3 Å². The zero-order chi connectivity index (χ0) is 29.0. The van der Waals surface area contributed by atoms with Crippen LogP contribution in [0.1, 0.15) is 34.3 Å². The lowest BCUT2D eigenvalue weighted by Gasteiger charge is -2.34. The molecule has 1 unspecified atom stereocenters. The Morgan fingerprint density at radius 3 is 2.45 bits per heavy atom. The number of fused-ring (bicyclic) bond motifs is 1. The molecule has 2 aromatic carbocycles. The Balaban J connectivity index is 1.82. The minimum atomic E-state index is -4.67. The van der Waals surface area contributed by atoms with Gasteiger partial charge in [-0.2, -0.15) is 13.2 Å². The van der Waals surface area contributed by atoms with Crippen molar-refractivity contribution in [2.75, 3.05) is 59.4 Å². The summed E-state index contributed by atoms with van der Waals surface area (Å²) in [5, 5.41) is 11.1. The number of ether oxygens (including phenoxy) is 2. The minimum absolute atomic E-state index is 0.0259. The summed E-state index contributed by atoms with van der Waals surface area (Å²) in [4.78, 5) is 23.9. The molecule has 1 amide bonds. The number of hydrogen-bond donors (Lipinski definition) is 1. The molecule has 0 saturated carbocycles. The maximum atomic E-state index is 13.8. The van der Waals surface area contributed by atoms with Gasteiger partial charge in [-0.25, -0.2) is 4.98 Å². The van der Waals surface area contributed by atoms with Crippen LogP contribution in [0, 0.1) is 0 Å². The van der Waals surface area contributed by atoms with E-state index >= 15 is 0 Å². The van der Waals surface area contributed by atoms with Gasteiger partial charge >= 0.3 is 6.18 Å². The number of nitrogens with zero attached hydrogens (tertiary/aromatic N) is 4. The zero-order valence-corrected chi connectivity index (χ0v) is 23.2. The van der Waals surface area contributed by atoms with Crippen LogP contribution in [0.25, 0.3) is 10.9 Å². The van der Waals surface area contributed by atoms with Gasteiger partial charge in [-0.05, 0) is 51.2 Å². The van der Waals surface area contributed by atoms with Crippen LogP contribution in [-0.4, -0.2) is 86.4 Å². The number of carbonyl (C=O) groups is 1. The van der Waals surface area contributed by atoms with Crippen molar-refractivity contribution in [1.29, 1.82) is 0 Å². The first-order chi connectivity index (χ1) is 19.0. The number of β-amino-alcohol motifs (C(OH)–C–C–N with tert-alkyl or cyclic N) is 1. The van der Waals surface area contributed by atoms with Crippen LogP contribution in [0.2, 0.25) is 0 Å². The molecule has 11 heteroatoms. The molecule has 3 aromatic rings. The van der Waals surface area contributed by atoms with E-state index in [9.17, 15) is 23.1 Å². The smallest absolute Gasteiger partial charge is 0.417 e. The Kier molecular flexibility index (Phi) is 9.05. The van der Waals surface area contributed by atoms with E-state index in [-0.39, 0.29) is 13.1 Å². The first-order valence-corrected chi connectivity index (χ1v) is 13.1. The third-order valence-electron chi connectivity index (χ3n) is 7.00. The Morgan fingerprint density at radius 2 is 1.80 bits per heavy atom. The first-order valence-electron chi connectivity index (χ1n) is 13.1. The summed E-state index contributed by atoms with van der Waals surface area (Å²) in [5.74, 6) is 0.868. The fourth-order valence-electron chi connectivity index (χ4n) is 4.94. The number of aromatic nitrogens is 1. The molecule has 0 spiro atoms. The van der Waals surface area contributed by atoms with Gasteiger partial charge in [0.25, 0.3) is 5.91 Å². The lowest BCUT2D eigenvalue weighted by atomic mass is 10.0. The van der Waals surface area contributed by atoms with Crippen molar-refractivity contribution >= 4 is 22.6 Å². The number of likely N-dealkylation sites (N-methyl/N-ethyl adjacent to an activating group) is 1. The van der Waals surface area contributed by atoms with Gasteiger partial charge < -0.3 is 29.3 Å². The number of pyridine rings is 1. The van der Waals surface area contributed by atoms with Crippen LogP contribution < -0.4 is 14.4 Å². The zero-order valence-electron chi connectivity index (χ0n) is 23.2. The highest BCUT2D eigenvalue weighted by molar-refractivity contribution is 5.96. The maximum Gasteiger partial charge on any atom is 0.417 e. The number of hydrogen-bond acceptors (Lipinski definition) is 7. The largest absolute Gasteiger partial charge is 0.493 e. The number of aliphatic hydroxyl groups excluding tert-OH is 1. The molecule has 1 atom stereocenters. The van der Waals surface area contributed by atoms with Gasteiger partial charge in [0.1, 0.15) is 5.82 Å². The highest BCUT2D eigenvalue weighted by Gasteiger charge is 2.36. The lowest BCUT2D eigenvalue weighted by molar-refractivity contribution is -0.138. The van der Waals surface area contributed by atoms with Crippen molar-refractivity contribution < 1.29 is 32.5 Å². The third kappa shape index (κ3) is 6.59. The number of methoxy groups -OCH3 is 2. The van der Waals surface area contributed by atoms with Crippen molar-refractivity contribution in [2.45, 2.75) is 31.7 Å². The van der Waals surface area contributed by atoms with Crippen molar-refractivity contribution in [2.24, 2.45) is 0 Å². The Morgan fingerprint density at radius 1 is 1.10 bits per heavy atom. The van der Waals surface area contributed by atoms with Gasteiger partial charge in [-0.15, -0.1) is 0 Å². The standard InChI is InChI=1S/C29H35F3N4O4/c1-34(2)12-13-36(28(38)22-9-5-6-10-23(22)29(30,31)32)17-20-14-19-15-25(39-3)26(40-4)16-24(19)33-27(20)35-11-7-8-21(37)18-35/h5-6,9-10,14-16,21,37H,7-8,11-13,17-18H2,1-4H3. The number of piperidine rings is 1. The van der Waals surface area contributed by atoms with Crippen LogP contribution in [0.5, 0.6) is 11.5 Å². The monoisotopic (exact) mass is 560 g/mol. The van der Waals surface area contributed by atoms with Gasteiger partial charge in [0, 0.05) is 49.7 Å². The summed E-state index contributed by atoms with van der Waals surface area (Å²) in [6, 6.07) is 10.3. The quantitative estimate of drug-likeness (QED) is 0.415. The normalized spacial score (nSPS) is 15.9. The Labute approximate surface area is 231 Å². The Bertz CT molecular complexity index is 1350. The number of carbonyl (C=O) groups excluding carboxylic acids is 1. The number of rotatable bonds is 9. The summed E-state index contributed by atoms with van der Waals surface area (Å²) < 4.78 is 52.4. The summed E-state index contributed by atoms with van der Waals surface area (Å²) in [6.07, 6.45) is -3.77. The van der Waals surface area contributed by atoms with E-state index in [1.54, 1.807) is 12.1 Å². The van der Waals surface area contributed by atoms with Crippen molar-refractivity contribution in [3.05, 3.63) is 59.2 Å². The molecule has 1 aliphatic heterocycles. The fraction of sp³-hybridized carbons (Fsp3) is 0.448. The molecule has 216 valence electrons. The molecule has 4 rings (SSSR count). The molecule has 8 nitrogen and oxygen atoms in total. The van der Waals surface area contributed by atoms with Gasteiger partial charge in [0.2, 0.25) is 0 Å². The summed E-state index contributed by atoms with van der Waals surface area (Å²) >= 11 is 0. The molecule has 1 aromatic heterocycles. The fourth-order valence-corrected chi connectivity index (χ4v) is 4.94. The Hall–Kier alpha value is -3.57. The van der Waals surface area contributed by atoms with E-state index in [1.807, 2.05) is 30.0 Å². The average molecular weight is 561 g/mol. The van der Waals surface area contributed by atoms with Crippen LogP contribution in [-0.2, 0) is 12.7 Å². The third-order valence-corrected chi connectivity index (χ3v) is 7.00. The highest BCUT2D eigenvalue weighted by Crippen LogP contribution is 2.36. The van der Waals surface area contributed by atoms with Crippen LogP contribution in [0.15, 0.2) is 42.5 Å². The molecule has 1 fully saturated rings. The predicted molar refractivity (Wildman–Crippen MR) is 147 cm³/mol. The molecule has 0 radical (unpaired) electrons. The summed E-state index contributed by atoms with van der Waals surface area (Å²) in [7, 11) is 6.74. The molecule has 1 saturated heterocycles. The second-order valence-electron chi connectivity index (χ2n) is 10.2. The second kappa shape index (κ2) is 12.3. The average Bonchev–Trinajstić information content (AvgIpc) is 2.93. The van der Waals surface area contributed by atoms with E-state index in [4.69, 9.17) is 14.5 Å². The lowest BCUT2D eigenvalue weighted by Crippen LogP contribution is -2.41. The summed E-state index contributed by atoms with van der Waals surface area (Å²) in [6.45, 7) is 1.69. The van der Waals surface area contributed by atoms with E-state index in [2.05, 4.69) is 0 Å². The van der Waals surface area contributed by atoms with Crippen LogP contribution >= 0.6 is 0 Å². The van der Waals surface area contributed by atoms with Crippen molar-refractivity contribution in [3.8, 4) is 11.5 Å². The molecule has 40 heavy (non-hydrogen) atoms. The number of benzene rings is 2. The molecule has 2 heterocycles. The maximum absolute atomic E-state index is 13.8. The topological polar surface area (TPSA) is 78.4 Å². The van der Waals surface area contributed by atoms with E-state index in [0.29, 0.717) is 54.5 Å². The van der Waals surface area contributed by atoms with Crippen LogP contribution in [0.3, 0.4) is 0 Å². The van der Waals surface area contributed by atoms with E-state index in [0.717, 1.165) is 17.9 Å². The van der Waals surface area contributed by atoms with Crippen molar-refractivity contribution in [1.82, 2.24) is 14.8 Å². The molecular formula is C29H35F3N4O4. The van der Waals surface area contributed by atoms with Gasteiger partial charge in [0.05, 0.1) is 37.0 Å². The number of anilines is 1.